The van der Waals surface area contributed by atoms with Gasteiger partial charge in [-0.25, -0.2) is 14.6 Å². The van der Waals surface area contributed by atoms with Gasteiger partial charge in [-0.05, 0) is 42.7 Å². The predicted molar refractivity (Wildman–Crippen MR) is 134 cm³/mol. The molecule has 0 saturated carbocycles. The van der Waals surface area contributed by atoms with Crippen molar-refractivity contribution in [3.63, 3.8) is 0 Å². The second-order valence-corrected chi connectivity index (χ2v) is 8.55. The maximum atomic E-state index is 6.20. The van der Waals surface area contributed by atoms with Crippen LogP contribution in [0, 0.1) is 6.92 Å². The lowest BCUT2D eigenvalue weighted by molar-refractivity contribution is 0.137. The highest BCUT2D eigenvalue weighted by Crippen LogP contribution is 2.31. The zero-order valence-corrected chi connectivity index (χ0v) is 19.9. The van der Waals surface area contributed by atoms with E-state index in [0.717, 1.165) is 61.8 Å². The lowest BCUT2D eigenvalue weighted by atomic mass is 10.2. The standard InChI is InChI=1S/C26H30N6O3/c1-19-16-21(8-9-22(19)35-17-20-6-3-2-4-7-20)32-25-23(24(27)28-18-29-25)26(30-32)34-15-12-31-10-5-13-33-14-11-31/h2-4,6-9,16,18H,5,10-15,17H2,1H3,(H2,27,28,29). The topological polar surface area (TPSA) is 101 Å². The first-order valence-electron chi connectivity index (χ1n) is 11.9. The average Bonchev–Trinajstić information content (AvgIpc) is 3.05. The van der Waals surface area contributed by atoms with E-state index in [1.54, 1.807) is 4.68 Å². The molecule has 9 nitrogen and oxygen atoms in total. The smallest absolute Gasteiger partial charge is 0.246 e. The highest BCUT2D eigenvalue weighted by molar-refractivity contribution is 5.91. The van der Waals surface area contributed by atoms with Gasteiger partial charge in [0.25, 0.3) is 0 Å². The van der Waals surface area contributed by atoms with Crippen LogP contribution in [0.5, 0.6) is 11.6 Å². The zero-order chi connectivity index (χ0) is 24.0. The van der Waals surface area contributed by atoms with Gasteiger partial charge in [-0.15, -0.1) is 5.10 Å². The van der Waals surface area contributed by atoms with E-state index in [1.165, 1.54) is 6.33 Å². The summed E-state index contributed by atoms with van der Waals surface area (Å²) in [6.45, 7) is 7.28. The molecule has 0 unspecified atom stereocenters. The summed E-state index contributed by atoms with van der Waals surface area (Å²) < 4.78 is 19.4. The monoisotopic (exact) mass is 474 g/mol. The van der Waals surface area contributed by atoms with Crippen molar-refractivity contribution in [1.82, 2.24) is 24.6 Å². The summed E-state index contributed by atoms with van der Waals surface area (Å²) in [6, 6.07) is 16.0. The van der Waals surface area contributed by atoms with Crippen LogP contribution in [0.1, 0.15) is 17.5 Å². The molecule has 5 rings (SSSR count). The van der Waals surface area contributed by atoms with E-state index in [0.29, 0.717) is 35.9 Å². The van der Waals surface area contributed by atoms with E-state index in [1.807, 2.05) is 55.5 Å². The Morgan fingerprint density at radius 1 is 1.03 bits per heavy atom. The number of rotatable bonds is 8. The normalized spacial score (nSPS) is 14.7. The van der Waals surface area contributed by atoms with Crippen LogP contribution >= 0.6 is 0 Å². The minimum absolute atomic E-state index is 0.346. The molecule has 0 amide bonds. The SMILES string of the molecule is Cc1cc(-n2nc(OCCN3CCCOCC3)c3c(N)ncnc32)ccc1OCc1ccccc1. The summed E-state index contributed by atoms with van der Waals surface area (Å²) in [5.74, 6) is 1.60. The molecule has 3 heterocycles. The minimum atomic E-state index is 0.346. The Morgan fingerprint density at radius 3 is 2.77 bits per heavy atom. The quantitative estimate of drug-likeness (QED) is 0.415. The molecule has 9 heteroatoms. The van der Waals surface area contributed by atoms with Crippen LogP contribution in [0.3, 0.4) is 0 Å². The van der Waals surface area contributed by atoms with Crippen molar-refractivity contribution in [1.29, 1.82) is 0 Å². The van der Waals surface area contributed by atoms with Crippen molar-refractivity contribution < 1.29 is 14.2 Å². The fourth-order valence-corrected chi connectivity index (χ4v) is 4.18. The Kier molecular flexibility index (Phi) is 7.06. The molecule has 1 aliphatic heterocycles. The molecule has 0 spiro atoms. The van der Waals surface area contributed by atoms with Gasteiger partial charge < -0.3 is 19.9 Å². The Bertz CT molecular complexity index is 1270. The molecule has 4 aromatic rings. The van der Waals surface area contributed by atoms with E-state index < -0.39 is 0 Å². The second kappa shape index (κ2) is 10.7. The third kappa shape index (κ3) is 5.36. The van der Waals surface area contributed by atoms with Gasteiger partial charge in [0.2, 0.25) is 5.88 Å². The van der Waals surface area contributed by atoms with Crippen LogP contribution in [-0.4, -0.2) is 64.1 Å². The minimum Gasteiger partial charge on any atom is -0.489 e. The molecule has 0 atom stereocenters. The van der Waals surface area contributed by atoms with Gasteiger partial charge in [-0.2, -0.15) is 0 Å². The van der Waals surface area contributed by atoms with Crippen molar-refractivity contribution in [3.05, 3.63) is 66.0 Å². The Morgan fingerprint density at radius 2 is 1.91 bits per heavy atom. The average molecular weight is 475 g/mol. The van der Waals surface area contributed by atoms with Crippen LogP contribution < -0.4 is 15.2 Å². The molecule has 1 saturated heterocycles. The van der Waals surface area contributed by atoms with Gasteiger partial charge >= 0.3 is 0 Å². The van der Waals surface area contributed by atoms with E-state index >= 15 is 0 Å². The van der Waals surface area contributed by atoms with Crippen molar-refractivity contribution in [2.45, 2.75) is 20.0 Å². The Balaban J connectivity index is 1.35. The number of aromatic nitrogens is 4. The molecule has 0 radical (unpaired) electrons. The maximum absolute atomic E-state index is 6.20. The number of hydrogen-bond acceptors (Lipinski definition) is 8. The van der Waals surface area contributed by atoms with Gasteiger partial charge in [0.05, 0.1) is 12.3 Å². The Hall–Kier alpha value is -3.69. The van der Waals surface area contributed by atoms with E-state index in [2.05, 4.69) is 14.9 Å². The van der Waals surface area contributed by atoms with Gasteiger partial charge in [-0.3, -0.25) is 4.90 Å². The highest BCUT2D eigenvalue weighted by atomic mass is 16.5. The third-order valence-electron chi connectivity index (χ3n) is 6.06. The Labute approximate surface area is 204 Å². The zero-order valence-electron chi connectivity index (χ0n) is 19.9. The molecule has 1 fully saturated rings. The number of benzene rings is 2. The van der Waals surface area contributed by atoms with Gasteiger partial charge in [0, 0.05) is 26.2 Å². The molecule has 1 aliphatic rings. The molecule has 35 heavy (non-hydrogen) atoms. The second-order valence-electron chi connectivity index (χ2n) is 8.55. The van der Waals surface area contributed by atoms with Gasteiger partial charge in [-0.1, -0.05) is 30.3 Å². The van der Waals surface area contributed by atoms with Crippen LogP contribution in [0.15, 0.2) is 54.9 Å². The molecular formula is C26H30N6O3. The molecule has 0 aliphatic carbocycles. The molecule has 2 N–H and O–H groups in total. The van der Waals surface area contributed by atoms with Crippen molar-refractivity contribution in [3.8, 4) is 17.3 Å². The lowest BCUT2D eigenvalue weighted by Crippen LogP contribution is -2.30. The molecule has 2 aromatic heterocycles. The largest absolute Gasteiger partial charge is 0.489 e. The summed E-state index contributed by atoms with van der Waals surface area (Å²) in [6.07, 6.45) is 2.48. The molecule has 182 valence electrons. The first-order valence-corrected chi connectivity index (χ1v) is 11.9. The number of nitrogens with zero attached hydrogens (tertiary/aromatic N) is 5. The summed E-state index contributed by atoms with van der Waals surface area (Å²) in [4.78, 5) is 10.9. The lowest BCUT2D eigenvalue weighted by Gasteiger charge is -2.18. The van der Waals surface area contributed by atoms with E-state index in [-0.39, 0.29) is 0 Å². The third-order valence-corrected chi connectivity index (χ3v) is 6.06. The summed E-state index contributed by atoms with van der Waals surface area (Å²) in [5.41, 5.74) is 9.77. The van der Waals surface area contributed by atoms with Crippen LogP contribution in [0.2, 0.25) is 0 Å². The first-order chi connectivity index (χ1) is 17.2. The summed E-state index contributed by atoms with van der Waals surface area (Å²) in [5, 5.41) is 5.33. The number of ether oxygens (including phenoxy) is 3. The van der Waals surface area contributed by atoms with Crippen LogP contribution in [0.25, 0.3) is 16.7 Å². The number of anilines is 1. The maximum Gasteiger partial charge on any atom is 0.246 e. The predicted octanol–water partition coefficient (Wildman–Crippen LogP) is 3.39. The van der Waals surface area contributed by atoms with Gasteiger partial charge in [0.1, 0.15) is 36.5 Å². The van der Waals surface area contributed by atoms with E-state index in [9.17, 15) is 0 Å². The fraction of sp³-hybridized carbons (Fsp3) is 0.346. The molecular weight excluding hydrogens is 444 g/mol. The number of hydrogen-bond donors (Lipinski definition) is 1. The number of fused-ring (bicyclic) bond motifs is 1. The number of nitrogens with two attached hydrogens (primary N) is 1. The van der Waals surface area contributed by atoms with Crippen LogP contribution in [0.4, 0.5) is 5.82 Å². The number of nitrogen functional groups attached to an aromatic ring is 1. The van der Waals surface area contributed by atoms with E-state index in [4.69, 9.17) is 25.0 Å². The fourth-order valence-electron chi connectivity index (χ4n) is 4.18. The molecule has 0 bridgehead atoms. The van der Waals surface area contributed by atoms with Crippen molar-refractivity contribution in [2.75, 3.05) is 45.2 Å². The van der Waals surface area contributed by atoms with Crippen molar-refractivity contribution >= 4 is 16.9 Å². The van der Waals surface area contributed by atoms with Crippen LogP contribution in [-0.2, 0) is 11.3 Å². The highest BCUT2D eigenvalue weighted by Gasteiger charge is 2.19. The summed E-state index contributed by atoms with van der Waals surface area (Å²) >= 11 is 0. The summed E-state index contributed by atoms with van der Waals surface area (Å²) in [7, 11) is 0. The molecule has 2 aromatic carbocycles. The van der Waals surface area contributed by atoms with Crippen molar-refractivity contribution in [2.24, 2.45) is 0 Å². The number of aryl methyl sites for hydroxylation is 1. The van der Waals surface area contributed by atoms with Gasteiger partial charge in [0.15, 0.2) is 5.65 Å². The first kappa shape index (κ1) is 23.1.